The number of Topliss-reactive ketones (excluding diaryl/α,β-unsaturated/α-hetero) is 2. The number of ketones is 2. The molecule has 3 aliphatic carbocycles. The third kappa shape index (κ3) is 8.47. The topological polar surface area (TPSA) is 168 Å². The number of carbonyl (C=O) groups excluding carboxylic acids is 6. The van der Waals surface area contributed by atoms with Crippen LogP contribution in [0.1, 0.15) is 115 Å². The Balaban J connectivity index is 1.33. The highest BCUT2D eigenvalue weighted by Gasteiger charge is 2.51. The van der Waals surface area contributed by atoms with Crippen molar-refractivity contribution in [3.05, 3.63) is 24.3 Å². The molecule has 0 unspecified atom stereocenters. The maximum Gasteiger partial charge on any atom is 0.289 e. The summed E-state index contributed by atoms with van der Waals surface area (Å²) in [4.78, 5) is 91.2. The lowest BCUT2D eigenvalue weighted by atomic mass is 9.77. The zero-order valence-electron chi connectivity index (χ0n) is 28.6. The molecule has 1 aliphatic heterocycles. The van der Waals surface area contributed by atoms with Crippen LogP contribution >= 0.6 is 0 Å². The summed E-state index contributed by atoms with van der Waals surface area (Å²) in [5, 5.41) is 8.62. The van der Waals surface area contributed by atoms with E-state index in [2.05, 4.69) is 25.9 Å². The van der Waals surface area contributed by atoms with Gasteiger partial charge in [0, 0.05) is 37.3 Å². The van der Waals surface area contributed by atoms with E-state index in [1.807, 2.05) is 20.8 Å². The number of fused-ring (bicyclic) bond motifs is 1. The lowest BCUT2D eigenvalue weighted by Gasteiger charge is -2.34. The minimum absolute atomic E-state index is 0.0112. The number of rotatable bonds is 15. The molecule has 1 aromatic rings. The van der Waals surface area contributed by atoms with E-state index in [0.717, 1.165) is 64.2 Å². The van der Waals surface area contributed by atoms with Gasteiger partial charge < -0.3 is 20.9 Å². The van der Waals surface area contributed by atoms with Crippen molar-refractivity contribution >= 4 is 35.2 Å². The van der Waals surface area contributed by atoms with Crippen molar-refractivity contribution in [3.63, 3.8) is 0 Å². The number of aromatic nitrogens is 2. The maximum absolute atomic E-state index is 14.4. The summed E-state index contributed by atoms with van der Waals surface area (Å²) in [6.45, 7) is 6.01. The van der Waals surface area contributed by atoms with Gasteiger partial charge in [-0.25, -0.2) is 4.98 Å². The van der Waals surface area contributed by atoms with Crippen LogP contribution in [0.15, 0.2) is 18.6 Å². The van der Waals surface area contributed by atoms with Crippen LogP contribution in [-0.2, 0) is 24.0 Å². The second kappa shape index (κ2) is 16.1. The average molecular weight is 665 g/mol. The van der Waals surface area contributed by atoms with Crippen molar-refractivity contribution in [1.82, 2.24) is 30.8 Å². The lowest BCUT2D eigenvalue weighted by Crippen LogP contribution is -2.59. The minimum Gasteiger partial charge on any atom is -0.347 e. The molecular weight excluding hydrogens is 612 g/mol. The van der Waals surface area contributed by atoms with E-state index >= 15 is 0 Å². The van der Waals surface area contributed by atoms with Gasteiger partial charge in [-0.15, -0.1) is 0 Å². The third-order valence-electron chi connectivity index (χ3n) is 10.8. The molecule has 1 saturated heterocycles. The first-order valence-corrected chi connectivity index (χ1v) is 18.1. The highest BCUT2D eigenvalue weighted by atomic mass is 16.2. The molecule has 2 heterocycles. The van der Waals surface area contributed by atoms with Crippen LogP contribution in [0.3, 0.4) is 0 Å². The van der Waals surface area contributed by atoms with Crippen molar-refractivity contribution in [2.24, 2.45) is 29.6 Å². The van der Waals surface area contributed by atoms with Crippen molar-refractivity contribution < 1.29 is 28.8 Å². The average Bonchev–Trinajstić information content (AvgIpc) is 3.65. The SMILES string of the molecule is CCC[C@H](NC(=O)[C@@H]1[C@H]2CCC[C@H]2CN1C(=O)[C@@H](NC(=O)[C@@H](CC(=O)c1cnccn1)C1CCCCC1)C(C)C)C(=O)C(=O)NC1CC1. The van der Waals surface area contributed by atoms with Gasteiger partial charge in [-0.1, -0.05) is 52.9 Å². The van der Waals surface area contributed by atoms with E-state index in [1.54, 1.807) is 4.90 Å². The first-order valence-electron chi connectivity index (χ1n) is 18.1. The fourth-order valence-corrected chi connectivity index (χ4v) is 8.04. The molecule has 4 amide bonds. The molecule has 0 radical (unpaired) electrons. The Bertz CT molecular complexity index is 1340. The summed E-state index contributed by atoms with van der Waals surface area (Å²) in [6, 6.07) is -2.65. The quantitative estimate of drug-likeness (QED) is 0.190. The first-order chi connectivity index (χ1) is 23.1. The molecule has 262 valence electrons. The Hall–Kier alpha value is -3.70. The normalized spacial score (nSPS) is 24.3. The van der Waals surface area contributed by atoms with E-state index in [4.69, 9.17) is 0 Å². The number of nitrogens with one attached hydrogen (secondary N) is 3. The Morgan fingerprint density at radius 2 is 1.67 bits per heavy atom. The number of hydrogen-bond donors (Lipinski definition) is 3. The van der Waals surface area contributed by atoms with Gasteiger partial charge in [0.2, 0.25) is 23.5 Å². The van der Waals surface area contributed by atoms with E-state index < -0.39 is 41.6 Å². The molecular formula is C36H52N6O6. The fourth-order valence-electron chi connectivity index (χ4n) is 8.04. The molecule has 48 heavy (non-hydrogen) atoms. The largest absolute Gasteiger partial charge is 0.347 e. The molecule has 12 nitrogen and oxygen atoms in total. The zero-order chi connectivity index (χ0) is 34.4. The second-order valence-electron chi connectivity index (χ2n) is 14.7. The van der Waals surface area contributed by atoms with Gasteiger partial charge in [-0.2, -0.15) is 0 Å². The smallest absolute Gasteiger partial charge is 0.289 e. The highest BCUT2D eigenvalue weighted by molar-refractivity contribution is 6.38. The predicted octanol–water partition coefficient (Wildman–Crippen LogP) is 3.15. The molecule has 4 aliphatic rings. The van der Waals surface area contributed by atoms with Crippen LogP contribution in [0.5, 0.6) is 0 Å². The minimum atomic E-state index is -0.970. The number of amides is 4. The summed E-state index contributed by atoms with van der Waals surface area (Å²) in [5.41, 5.74) is 0.213. The maximum atomic E-state index is 14.4. The molecule has 0 aromatic carbocycles. The molecule has 4 fully saturated rings. The van der Waals surface area contributed by atoms with Gasteiger partial charge in [-0.3, -0.25) is 33.8 Å². The summed E-state index contributed by atoms with van der Waals surface area (Å²) < 4.78 is 0. The van der Waals surface area contributed by atoms with Gasteiger partial charge in [0.1, 0.15) is 17.8 Å². The summed E-state index contributed by atoms with van der Waals surface area (Å²) >= 11 is 0. The number of carbonyl (C=O) groups is 6. The second-order valence-corrected chi connectivity index (χ2v) is 14.7. The lowest BCUT2D eigenvalue weighted by molar-refractivity contribution is -0.145. The number of likely N-dealkylation sites (tertiary alicyclic amines) is 1. The van der Waals surface area contributed by atoms with Crippen molar-refractivity contribution in [1.29, 1.82) is 0 Å². The molecule has 1 aromatic heterocycles. The summed E-state index contributed by atoms with van der Waals surface area (Å²) in [5.74, 6) is -3.49. The molecule has 3 N–H and O–H groups in total. The summed E-state index contributed by atoms with van der Waals surface area (Å²) in [6.07, 6.45) is 14.3. The van der Waals surface area contributed by atoms with E-state index in [-0.39, 0.29) is 59.4 Å². The van der Waals surface area contributed by atoms with Gasteiger partial charge in [0.05, 0.1) is 12.2 Å². The third-order valence-corrected chi connectivity index (χ3v) is 10.8. The Morgan fingerprint density at radius 3 is 2.31 bits per heavy atom. The van der Waals surface area contributed by atoms with Gasteiger partial charge in [0.25, 0.3) is 5.91 Å². The van der Waals surface area contributed by atoms with Crippen molar-refractivity contribution in [2.45, 2.75) is 128 Å². The first kappa shape index (κ1) is 35.6. The van der Waals surface area contributed by atoms with E-state index in [1.165, 1.54) is 18.6 Å². The van der Waals surface area contributed by atoms with E-state index in [0.29, 0.717) is 19.4 Å². The van der Waals surface area contributed by atoms with Crippen LogP contribution in [0, 0.1) is 29.6 Å². The Morgan fingerprint density at radius 1 is 0.917 bits per heavy atom. The number of hydrogen-bond acceptors (Lipinski definition) is 8. The van der Waals surface area contributed by atoms with Gasteiger partial charge in [0.15, 0.2) is 5.78 Å². The molecule has 0 spiro atoms. The van der Waals surface area contributed by atoms with Crippen molar-refractivity contribution in [2.75, 3.05) is 6.54 Å². The fraction of sp³-hybridized carbons (Fsp3) is 0.722. The van der Waals surface area contributed by atoms with Crippen LogP contribution in [-0.4, -0.2) is 80.8 Å². The van der Waals surface area contributed by atoms with Gasteiger partial charge in [-0.05, 0) is 68.6 Å². The predicted molar refractivity (Wildman–Crippen MR) is 177 cm³/mol. The van der Waals surface area contributed by atoms with Gasteiger partial charge >= 0.3 is 0 Å². The van der Waals surface area contributed by atoms with Crippen LogP contribution < -0.4 is 16.0 Å². The Labute approximate surface area is 283 Å². The van der Waals surface area contributed by atoms with Crippen LogP contribution in [0.4, 0.5) is 0 Å². The molecule has 6 atom stereocenters. The molecule has 0 bridgehead atoms. The van der Waals surface area contributed by atoms with Crippen LogP contribution in [0.2, 0.25) is 0 Å². The summed E-state index contributed by atoms with van der Waals surface area (Å²) in [7, 11) is 0. The Kier molecular flexibility index (Phi) is 12.0. The molecule has 12 heteroatoms. The van der Waals surface area contributed by atoms with Crippen molar-refractivity contribution in [3.8, 4) is 0 Å². The van der Waals surface area contributed by atoms with Crippen LogP contribution in [0.25, 0.3) is 0 Å². The highest BCUT2D eigenvalue weighted by Crippen LogP contribution is 2.43. The van der Waals surface area contributed by atoms with E-state index in [9.17, 15) is 28.8 Å². The number of nitrogens with zero attached hydrogens (tertiary/aromatic N) is 3. The molecule has 5 rings (SSSR count). The zero-order valence-corrected chi connectivity index (χ0v) is 28.6. The monoisotopic (exact) mass is 664 g/mol. The standard InChI is InChI=1S/C36H52N6O6/c1-4-9-27(32(44)35(47)39-24-14-15-24)40-34(46)31-25-13-8-12-23(25)20-42(31)36(48)30(21(2)3)41-33(45)26(22-10-6-5-7-11-22)18-29(43)28-19-37-16-17-38-28/h16-17,19,21-27,30-31H,4-15,18,20H2,1-3H3,(H,39,47)(H,40,46)(H,41,45)/t23-,25-,26-,27-,30-,31-/m0/s1. The molecule has 3 saturated carbocycles.